The zero-order valence-electron chi connectivity index (χ0n) is 10.7. The Morgan fingerprint density at radius 3 is 2.72 bits per heavy atom. The number of oxime groups is 1. The summed E-state index contributed by atoms with van der Waals surface area (Å²) in [6.07, 6.45) is 1.29. The van der Waals surface area contributed by atoms with Crippen LogP contribution in [-0.2, 0) is 4.79 Å². The zero-order chi connectivity index (χ0) is 13.5. The molecule has 4 N–H and O–H groups in total. The van der Waals surface area contributed by atoms with Crippen LogP contribution in [0.2, 0.25) is 0 Å². The summed E-state index contributed by atoms with van der Waals surface area (Å²) in [4.78, 5) is 11.7. The molecule has 98 valence electrons. The van der Waals surface area contributed by atoms with E-state index in [4.69, 9.17) is 10.9 Å². The van der Waals surface area contributed by atoms with Crippen LogP contribution in [0.5, 0.6) is 0 Å². The van der Waals surface area contributed by atoms with Crippen LogP contribution in [0.1, 0.15) is 32.3 Å². The Kier molecular flexibility index (Phi) is 5.17. The number of benzene rings is 1. The number of nitrogens with two attached hydrogens (primary N) is 1. The normalized spacial score (nSPS) is 11.6. The number of rotatable bonds is 5. The lowest BCUT2D eigenvalue weighted by Gasteiger charge is -2.10. The molecular weight excluding hydrogens is 230 g/mol. The van der Waals surface area contributed by atoms with Gasteiger partial charge in [0.1, 0.15) is 0 Å². The lowest BCUT2D eigenvalue weighted by atomic mass is 10.1. The van der Waals surface area contributed by atoms with Crippen molar-refractivity contribution >= 4 is 17.4 Å². The molecule has 1 aromatic carbocycles. The third-order valence-electron chi connectivity index (χ3n) is 2.53. The van der Waals surface area contributed by atoms with Gasteiger partial charge < -0.3 is 16.3 Å². The Bertz CT molecular complexity index is 442. The van der Waals surface area contributed by atoms with E-state index in [1.807, 2.05) is 0 Å². The van der Waals surface area contributed by atoms with E-state index in [9.17, 15) is 4.79 Å². The third kappa shape index (κ3) is 4.08. The molecule has 1 rings (SSSR count). The fraction of sp³-hybridized carbons (Fsp3) is 0.385. The Balaban J connectivity index is 2.75. The highest BCUT2D eigenvalue weighted by Gasteiger charge is 2.09. The van der Waals surface area contributed by atoms with Gasteiger partial charge in [-0.15, -0.1) is 0 Å². The van der Waals surface area contributed by atoms with E-state index in [1.54, 1.807) is 24.3 Å². The minimum Gasteiger partial charge on any atom is -0.409 e. The number of amides is 1. The van der Waals surface area contributed by atoms with Crippen LogP contribution in [0.3, 0.4) is 0 Å². The molecule has 5 heteroatoms. The summed E-state index contributed by atoms with van der Waals surface area (Å²) in [6, 6.07) is 6.96. The van der Waals surface area contributed by atoms with Crippen LogP contribution in [0.25, 0.3) is 0 Å². The molecule has 0 aliphatic heterocycles. The van der Waals surface area contributed by atoms with Crippen LogP contribution >= 0.6 is 0 Å². The van der Waals surface area contributed by atoms with Gasteiger partial charge in [-0.3, -0.25) is 4.79 Å². The first kappa shape index (κ1) is 14.0. The van der Waals surface area contributed by atoms with Crippen molar-refractivity contribution in [1.82, 2.24) is 0 Å². The molecule has 0 aromatic heterocycles. The maximum Gasteiger partial charge on any atom is 0.224 e. The molecule has 0 unspecified atom stereocenters. The molecule has 0 heterocycles. The monoisotopic (exact) mass is 249 g/mol. The second kappa shape index (κ2) is 6.64. The van der Waals surface area contributed by atoms with Crippen LogP contribution < -0.4 is 11.1 Å². The number of hydrogen-bond donors (Lipinski definition) is 3. The van der Waals surface area contributed by atoms with Crippen molar-refractivity contribution in [3.63, 3.8) is 0 Å². The summed E-state index contributed by atoms with van der Waals surface area (Å²) >= 11 is 0. The Hall–Kier alpha value is -2.04. The zero-order valence-corrected chi connectivity index (χ0v) is 10.7. The minimum absolute atomic E-state index is 0.0187. The molecule has 0 bridgehead atoms. The van der Waals surface area contributed by atoms with E-state index in [2.05, 4.69) is 24.3 Å². The molecule has 0 atom stereocenters. The van der Waals surface area contributed by atoms with Crippen molar-refractivity contribution in [2.45, 2.75) is 26.7 Å². The number of amidine groups is 1. The first-order valence-corrected chi connectivity index (χ1v) is 5.91. The average Bonchev–Trinajstić information content (AvgIpc) is 2.36. The topological polar surface area (TPSA) is 87.7 Å². The predicted molar refractivity (Wildman–Crippen MR) is 71.7 cm³/mol. The molecule has 0 spiro atoms. The van der Waals surface area contributed by atoms with Crippen LogP contribution in [0.4, 0.5) is 5.69 Å². The summed E-state index contributed by atoms with van der Waals surface area (Å²) in [6.45, 7) is 4.13. The van der Waals surface area contributed by atoms with Gasteiger partial charge in [0.05, 0.1) is 5.69 Å². The van der Waals surface area contributed by atoms with Crippen molar-refractivity contribution in [3.8, 4) is 0 Å². The van der Waals surface area contributed by atoms with Gasteiger partial charge in [-0.1, -0.05) is 31.1 Å². The average molecular weight is 249 g/mol. The summed E-state index contributed by atoms with van der Waals surface area (Å²) in [5, 5.41) is 14.4. The number of nitrogens with one attached hydrogen (secondary N) is 1. The number of para-hydroxylation sites is 1. The van der Waals surface area contributed by atoms with Gasteiger partial charge in [0, 0.05) is 12.0 Å². The summed E-state index contributed by atoms with van der Waals surface area (Å²) in [7, 11) is 0. The maximum atomic E-state index is 11.7. The smallest absolute Gasteiger partial charge is 0.224 e. The summed E-state index contributed by atoms with van der Waals surface area (Å²) < 4.78 is 0. The van der Waals surface area contributed by atoms with Gasteiger partial charge in [0.25, 0.3) is 0 Å². The highest BCUT2D eigenvalue weighted by molar-refractivity contribution is 6.05. The quantitative estimate of drug-likeness (QED) is 0.323. The molecule has 0 saturated carbocycles. The molecular formula is C13H19N3O2. The van der Waals surface area contributed by atoms with Crippen LogP contribution in [-0.4, -0.2) is 17.0 Å². The van der Waals surface area contributed by atoms with Crippen molar-refractivity contribution in [3.05, 3.63) is 29.8 Å². The highest BCUT2D eigenvalue weighted by atomic mass is 16.4. The Labute approximate surface area is 107 Å². The molecule has 0 fully saturated rings. The molecule has 1 aromatic rings. The summed E-state index contributed by atoms with van der Waals surface area (Å²) in [5.41, 5.74) is 6.61. The van der Waals surface area contributed by atoms with E-state index in [0.717, 1.165) is 6.42 Å². The fourth-order valence-electron chi connectivity index (χ4n) is 1.50. The van der Waals surface area contributed by atoms with E-state index < -0.39 is 0 Å². The van der Waals surface area contributed by atoms with Crippen LogP contribution in [0, 0.1) is 5.92 Å². The van der Waals surface area contributed by atoms with Crippen LogP contribution in [0.15, 0.2) is 29.4 Å². The van der Waals surface area contributed by atoms with Gasteiger partial charge in [-0.25, -0.2) is 0 Å². The van der Waals surface area contributed by atoms with Crippen molar-refractivity contribution < 1.29 is 10.0 Å². The predicted octanol–water partition coefficient (Wildman–Crippen LogP) is 2.16. The molecule has 0 aliphatic rings. The number of nitrogens with zero attached hydrogens (tertiary/aromatic N) is 1. The van der Waals surface area contributed by atoms with Gasteiger partial charge in [-0.2, -0.15) is 0 Å². The largest absolute Gasteiger partial charge is 0.409 e. The SMILES string of the molecule is CC(C)CCC(=O)Nc1ccccc1/C(N)=N/O. The standard InChI is InChI=1S/C13H19N3O2/c1-9(2)7-8-12(17)15-11-6-4-3-5-10(11)13(14)16-18/h3-6,9,18H,7-8H2,1-2H3,(H2,14,16)(H,15,17). The molecule has 1 amide bonds. The van der Waals surface area contributed by atoms with Crippen molar-refractivity contribution in [2.24, 2.45) is 16.8 Å². The first-order valence-electron chi connectivity index (χ1n) is 5.91. The molecule has 0 aliphatic carbocycles. The number of carbonyl (C=O) groups excluding carboxylic acids is 1. The number of carbonyl (C=O) groups is 1. The lowest BCUT2D eigenvalue weighted by Crippen LogP contribution is -2.19. The van der Waals surface area contributed by atoms with Crippen molar-refractivity contribution in [2.75, 3.05) is 5.32 Å². The van der Waals surface area contributed by atoms with E-state index in [1.165, 1.54) is 0 Å². The number of anilines is 1. The number of hydrogen-bond acceptors (Lipinski definition) is 3. The maximum absolute atomic E-state index is 11.7. The molecule has 5 nitrogen and oxygen atoms in total. The van der Waals surface area contributed by atoms with E-state index >= 15 is 0 Å². The molecule has 0 radical (unpaired) electrons. The summed E-state index contributed by atoms with van der Waals surface area (Å²) in [5.74, 6) is 0.395. The lowest BCUT2D eigenvalue weighted by molar-refractivity contribution is -0.116. The van der Waals surface area contributed by atoms with Gasteiger partial charge in [0.2, 0.25) is 5.91 Å². The first-order chi connectivity index (χ1) is 8.54. The highest BCUT2D eigenvalue weighted by Crippen LogP contribution is 2.15. The Morgan fingerprint density at radius 1 is 1.44 bits per heavy atom. The third-order valence-corrected chi connectivity index (χ3v) is 2.53. The minimum atomic E-state index is -0.0677. The van der Waals surface area contributed by atoms with Gasteiger partial charge in [0.15, 0.2) is 5.84 Å². The fourth-order valence-corrected chi connectivity index (χ4v) is 1.50. The molecule has 18 heavy (non-hydrogen) atoms. The van der Waals surface area contributed by atoms with E-state index in [-0.39, 0.29) is 11.7 Å². The second-order valence-corrected chi connectivity index (χ2v) is 4.51. The van der Waals surface area contributed by atoms with Gasteiger partial charge in [-0.05, 0) is 24.5 Å². The Morgan fingerprint density at radius 2 is 2.11 bits per heavy atom. The van der Waals surface area contributed by atoms with Crippen molar-refractivity contribution in [1.29, 1.82) is 0 Å². The van der Waals surface area contributed by atoms with E-state index in [0.29, 0.717) is 23.6 Å². The van der Waals surface area contributed by atoms with Gasteiger partial charge >= 0.3 is 0 Å². The molecule has 0 saturated heterocycles. The second-order valence-electron chi connectivity index (χ2n) is 4.51.